The highest BCUT2D eigenvalue weighted by Gasteiger charge is 2.15. The van der Waals surface area contributed by atoms with Gasteiger partial charge in [-0.2, -0.15) is 11.8 Å². The van der Waals surface area contributed by atoms with E-state index in [1.54, 1.807) is 17.8 Å². The maximum atomic E-state index is 11.8. The fourth-order valence-corrected chi connectivity index (χ4v) is 2.49. The van der Waals surface area contributed by atoms with Crippen molar-refractivity contribution in [3.8, 4) is 0 Å². The Labute approximate surface area is 106 Å². The van der Waals surface area contributed by atoms with Crippen LogP contribution in [0.5, 0.6) is 0 Å². The zero-order valence-electron chi connectivity index (χ0n) is 9.88. The van der Waals surface area contributed by atoms with Crippen molar-refractivity contribution in [2.45, 2.75) is 23.7 Å². The molecule has 0 aliphatic rings. The summed E-state index contributed by atoms with van der Waals surface area (Å²) < 4.78 is 26.2. The van der Waals surface area contributed by atoms with Gasteiger partial charge in [0.25, 0.3) is 10.0 Å². The first-order valence-electron chi connectivity index (χ1n) is 5.17. The van der Waals surface area contributed by atoms with E-state index in [0.29, 0.717) is 13.1 Å². The summed E-state index contributed by atoms with van der Waals surface area (Å²) in [6.07, 6.45) is 3.42. The van der Waals surface area contributed by atoms with E-state index >= 15 is 0 Å². The molecule has 1 rings (SSSR count). The van der Waals surface area contributed by atoms with E-state index in [2.05, 4.69) is 9.71 Å². The Morgan fingerprint density at radius 2 is 2.24 bits per heavy atom. The average Bonchev–Trinajstić information content (AvgIpc) is 2.36. The van der Waals surface area contributed by atoms with E-state index in [9.17, 15) is 8.42 Å². The highest BCUT2D eigenvalue weighted by atomic mass is 32.2. The van der Waals surface area contributed by atoms with Gasteiger partial charge in [-0.1, -0.05) is 13.0 Å². The molecule has 0 aliphatic heterocycles. The predicted octanol–water partition coefficient (Wildman–Crippen LogP) is 0.570. The molecule has 96 valence electrons. The van der Waals surface area contributed by atoms with Crippen LogP contribution in [0.1, 0.15) is 12.5 Å². The van der Waals surface area contributed by atoms with Crippen molar-refractivity contribution >= 4 is 21.8 Å². The molecule has 1 heterocycles. The molecule has 0 aliphatic carbocycles. The highest BCUT2D eigenvalue weighted by molar-refractivity contribution is 7.99. The predicted molar refractivity (Wildman–Crippen MR) is 70.3 cm³/mol. The summed E-state index contributed by atoms with van der Waals surface area (Å²) in [4.78, 5) is 3.89. The maximum absolute atomic E-state index is 11.8. The van der Waals surface area contributed by atoms with Crippen LogP contribution in [0.4, 0.5) is 0 Å². The average molecular weight is 275 g/mol. The molecule has 1 atom stereocenters. The largest absolute Gasteiger partial charge is 0.326 e. The molecule has 0 spiro atoms. The number of sulfonamides is 1. The summed E-state index contributed by atoms with van der Waals surface area (Å²) in [7, 11) is -3.51. The van der Waals surface area contributed by atoms with E-state index in [1.165, 1.54) is 12.3 Å². The van der Waals surface area contributed by atoms with Crippen molar-refractivity contribution in [1.82, 2.24) is 9.71 Å². The van der Waals surface area contributed by atoms with E-state index < -0.39 is 10.0 Å². The van der Waals surface area contributed by atoms with Gasteiger partial charge in [0.1, 0.15) is 0 Å². The number of hydrogen-bond donors (Lipinski definition) is 2. The lowest BCUT2D eigenvalue weighted by Gasteiger charge is -2.10. The minimum atomic E-state index is -3.51. The van der Waals surface area contributed by atoms with Crippen LogP contribution in [-0.2, 0) is 16.6 Å². The van der Waals surface area contributed by atoms with Crippen LogP contribution in [0.15, 0.2) is 23.4 Å². The van der Waals surface area contributed by atoms with E-state index in [4.69, 9.17) is 5.73 Å². The molecule has 0 bridgehead atoms. The van der Waals surface area contributed by atoms with Crippen LogP contribution < -0.4 is 10.5 Å². The number of pyridine rings is 1. The van der Waals surface area contributed by atoms with Gasteiger partial charge >= 0.3 is 0 Å². The van der Waals surface area contributed by atoms with Crippen LogP contribution in [0, 0.1) is 0 Å². The number of nitrogens with one attached hydrogen (secondary N) is 1. The van der Waals surface area contributed by atoms with Gasteiger partial charge in [0.05, 0.1) is 0 Å². The molecule has 0 radical (unpaired) electrons. The van der Waals surface area contributed by atoms with Gasteiger partial charge in [-0.05, 0) is 17.9 Å². The third-order valence-electron chi connectivity index (χ3n) is 2.27. The minimum Gasteiger partial charge on any atom is -0.326 e. The van der Waals surface area contributed by atoms with Crippen LogP contribution in [0.25, 0.3) is 0 Å². The summed E-state index contributed by atoms with van der Waals surface area (Å²) in [5, 5.41) is 0.260. The number of thioether (sulfide) groups is 1. The fraction of sp³-hybridized carbons (Fsp3) is 0.500. The summed E-state index contributed by atoms with van der Waals surface area (Å²) in [5.74, 6) is 0. The molecular weight excluding hydrogens is 258 g/mol. The lowest BCUT2D eigenvalue weighted by atomic mass is 10.3. The van der Waals surface area contributed by atoms with Gasteiger partial charge in [0.15, 0.2) is 5.03 Å². The molecular formula is C10H17N3O2S2. The summed E-state index contributed by atoms with van der Waals surface area (Å²) in [6.45, 7) is 2.70. The van der Waals surface area contributed by atoms with Gasteiger partial charge in [-0.15, -0.1) is 0 Å². The highest BCUT2D eigenvalue weighted by Crippen LogP contribution is 2.08. The topological polar surface area (TPSA) is 85.1 Å². The fourth-order valence-electron chi connectivity index (χ4n) is 1.07. The molecule has 0 saturated heterocycles. The van der Waals surface area contributed by atoms with Crippen LogP contribution in [-0.4, -0.2) is 31.5 Å². The minimum absolute atomic E-state index is 0.0306. The molecule has 5 nitrogen and oxygen atoms in total. The Morgan fingerprint density at radius 3 is 2.71 bits per heavy atom. The van der Waals surface area contributed by atoms with Gasteiger partial charge in [0, 0.05) is 24.5 Å². The van der Waals surface area contributed by atoms with Crippen LogP contribution in [0.3, 0.4) is 0 Å². The number of aromatic nitrogens is 1. The molecule has 3 N–H and O–H groups in total. The molecule has 1 aromatic heterocycles. The van der Waals surface area contributed by atoms with E-state index in [0.717, 1.165) is 5.56 Å². The third kappa shape index (κ3) is 4.27. The first kappa shape index (κ1) is 14.4. The van der Waals surface area contributed by atoms with Gasteiger partial charge < -0.3 is 5.73 Å². The maximum Gasteiger partial charge on any atom is 0.258 e. The second kappa shape index (κ2) is 6.34. The SMILES string of the molecule is CSC(C)CNS(=O)(=O)c1ccc(CN)cn1. The normalized spacial score (nSPS) is 13.6. The third-order valence-corrected chi connectivity index (χ3v) is 4.58. The molecule has 7 heteroatoms. The number of hydrogen-bond acceptors (Lipinski definition) is 5. The molecule has 1 aromatic rings. The van der Waals surface area contributed by atoms with Crippen molar-refractivity contribution in [2.24, 2.45) is 5.73 Å². The van der Waals surface area contributed by atoms with E-state index in [1.807, 2.05) is 13.2 Å². The Balaban J connectivity index is 2.75. The second-order valence-corrected chi connectivity index (χ2v) is 6.60. The molecule has 0 fully saturated rings. The van der Waals surface area contributed by atoms with Crippen molar-refractivity contribution in [3.63, 3.8) is 0 Å². The van der Waals surface area contributed by atoms with Crippen LogP contribution in [0.2, 0.25) is 0 Å². The monoisotopic (exact) mass is 275 g/mol. The molecule has 17 heavy (non-hydrogen) atoms. The Hall–Kier alpha value is -0.630. The summed E-state index contributed by atoms with van der Waals surface area (Å²) in [6, 6.07) is 3.13. The van der Waals surface area contributed by atoms with Crippen LogP contribution >= 0.6 is 11.8 Å². The summed E-state index contributed by atoms with van der Waals surface area (Å²) >= 11 is 1.60. The smallest absolute Gasteiger partial charge is 0.258 e. The van der Waals surface area contributed by atoms with Gasteiger partial charge in [-0.25, -0.2) is 18.1 Å². The van der Waals surface area contributed by atoms with Crippen molar-refractivity contribution < 1.29 is 8.42 Å². The Morgan fingerprint density at radius 1 is 1.53 bits per heavy atom. The van der Waals surface area contributed by atoms with Gasteiger partial charge in [0.2, 0.25) is 0 Å². The first-order chi connectivity index (χ1) is 7.99. The lowest BCUT2D eigenvalue weighted by molar-refractivity contribution is 0.577. The van der Waals surface area contributed by atoms with Crippen molar-refractivity contribution in [1.29, 1.82) is 0 Å². The standard InChI is InChI=1S/C10H17N3O2S2/c1-8(16-2)6-13-17(14,15)10-4-3-9(5-11)7-12-10/h3-4,7-8,13H,5-6,11H2,1-2H3. The Bertz CT molecular complexity index is 445. The first-order valence-corrected chi connectivity index (χ1v) is 7.94. The van der Waals surface area contributed by atoms with E-state index in [-0.39, 0.29) is 10.3 Å². The molecule has 0 saturated carbocycles. The molecule has 0 amide bonds. The van der Waals surface area contributed by atoms with Gasteiger partial charge in [-0.3, -0.25) is 0 Å². The number of nitrogens with two attached hydrogens (primary N) is 1. The number of nitrogens with zero attached hydrogens (tertiary/aromatic N) is 1. The second-order valence-electron chi connectivity index (χ2n) is 3.61. The zero-order chi connectivity index (χ0) is 12.9. The Kier molecular flexibility index (Phi) is 5.38. The van der Waals surface area contributed by atoms with Crippen molar-refractivity contribution in [2.75, 3.05) is 12.8 Å². The number of rotatable bonds is 6. The quantitative estimate of drug-likeness (QED) is 0.793. The lowest BCUT2D eigenvalue weighted by Crippen LogP contribution is -2.30. The summed E-state index contributed by atoms with van der Waals surface area (Å²) in [5.41, 5.74) is 6.22. The molecule has 0 aromatic carbocycles. The zero-order valence-corrected chi connectivity index (χ0v) is 11.5. The molecule has 1 unspecified atom stereocenters. The van der Waals surface area contributed by atoms with Crippen molar-refractivity contribution in [3.05, 3.63) is 23.9 Å².